The molecule has 0 fully saturated rings. The summed E-state index contributed by atoms with van der Waals surface area (Å²) in [6.07, 6.45) is 4.04. The van der Waals surface area contributed by atoms with Gasteiger partial charge in [0.1, 0.15) is 0 Å². The topological polar surface area (TPSA) is 58.5 Å². The number of hydrogen-bond donors (Lipinski definition) is 0. The molecule has 1 aliphatic heterocycles. The van der Waals surface area contributed by atoms with Crippen LogP contribution in [0, 0.1) is 0 Å². The third-order valence-electron chi connectivity index (χ3n) is 5.30. The minimum atomic E-state index is -0.118. The van der Waals surface area contributed by atoms with Crippen LogP contribution in [0.1, 0.15) is 23.6 Å². The zero-order valence-corrected chi connectivity index (χ0v) is 17.6. The summed E-state index contributed by atoms with van der Waals surface area (Å²) in [5.41, 5.74) is 3.05. The quantitative estimate of drug-likeness (QED) is 0.330. The lowest BCUT2D eigenvalue weighted by Gasteiger charge is -2.21. The highest BCUT2D eigenvalue weighted by Gasteiger charge is 2.33. The van der Waals surface area contributed by atoms with Crippen LogP contribution >= 0.6 is 11.8 Å². The SMILES string of the molecule is O=C(CSc1ncccn1)N1N=C(c2ccc3ccccc3c2)CC1c1ccccc1. The van der Waals surface area contributed by atoms with Crippen LogP contribution in [0.2, 0.25) is 0 Å². The van der Waals surface area contributed by atoms with Crippen molar-refractivity contribution in [2.75, 3.05) is 5.75 Å². The van der Waals surface area contributed by atoms with Crippen LogP contribution < -0.4 is 0 Å². The van der Waals surface area contributed by atoms with Crippen molar-refractivity contribution in [3.8, 4) is 0 Å². The molecular formula is C25H20N4OS. The lowest BCUT2D eigenvalue weighted by Crippen LogP contribution is -2.28. The highest BCUT2D eigenvalue weighted by atomic mass is 32.2. The molecule has 5 nitrogen and oxygen atoms in total. The van der Waals surface area contributed by atoms with Crippen molar-refractivity contribution >= 4 is 34.2 Å². The number of carbonyl (C=O) groups is 1. The molecule has 1 aromatic heterocycles. The highest BCUT2D eigenvalue weighted by molar-refractivity contribution is 7.99. The largest absolute Gasteiger partial charge is 0.272 e. The number of nitrogens with zero attached hydrogens (tertiary/aromatic N) is 4. The van der Waals surface area contributed by atoms with Crippen molar-refractivity contribution in [3.63, 3.8) is 0 Å². The van der Waals surface area contributed by atoms with Gasteiger partial charge in [-0.15, -0.1) is 0 Å². The van der Waals surface area contributed by atoms with E-state index >= 15 is 0 Å². The number of amides is 1. The standard InChI is InChI=1S/C25H20N4OS/c30-24(17-31-25-26-13-6-14-27-25)29-23(19-8-2-1-3-9-19)16-22(28-29)21-12-11-18-7-4-5-10-20(18)15-21/h1-15,23H,16-17H2. The van der Waals surface area contributed by atoms with Gasteiger partial charge in [-0.05, 0) is 34.0 Å². The van der Waals surface area contributed by atoms with E-state index in [2.05, 4.69) is 52.4 Å². The summed E-state index contributed by atoms with van der Waals surface area (Å²) in [6.45, 7) is 0. The molecule has 0 bridgehead atoms. The van der Waals surface area contributed by atoms with Gasteiger partial charge in [-0.25, -0.2) is 15.0 Å². The molecule has 5 rings (SSSR count). The van der Waals surface area contributed by atoms with Gasteiger partial charge in [0.05, 0.1) is 17.5 Å². The van der Waals surface area contributed by atoms with Crippen LogP contribution in [0.15, 0.2) is 102 Å². The smallest absolute Gasteiger partial charge is 0.253 e. The van der Waals surface area contributed by atoms with E-state index in [4.69, 9.17) is 5.10 Å². The van der Waals surface area contributed by atoms with Gasteiger partial charge in [0.2, 0.25) is 0 Å². The fraction of sp³-hybridized carbons (Fsp3) is 0.120. The third kappa shape index (κ3) is 4.20. The second-order valence-electron chi connectivity index (χ2n) is 7.30. The summed E-state index contributed by atoms with van der Waals surface area (Å²) < 4.78 is 0. The van der Waals surface area contributed by atoms with Crippen molar-refractivity contribution in [1.29, 1.82) is 0 Å². The number of thioether (sulfide) groups is 1. The van der Waals surface area contributed by atoms with E-state index in [9.17, 15) is 4.79 Å². The fourth-order valence-corrected chi connectivity index (χ4v) is 4.43. The summed E-state index contributed by atoms with van der Waals surface area (Å²) in [7, 11) is 0. The van der Waals surface area contributed by atoms with Gasteiger partial charge >= 0.3 is 0 Å². The number of carbonyl (C=O) groups excluding carboxylic acids is 1. The summed E-state index contributed by atoms with van der Waals surface area (Å²) in [4.78, 5) is 21.5. The molecule has 6 heteroatoms. The molecular weight excluding hydrogens is 404 g/mol. The Labute approximate surface area is 184 Å². The Hall–Kier alpha value is -3.51. The van der Waals surface area contributed by atoms with E-state index in [1.807, 2.05) is 30.3 Å². The van der Waals surface area contributed by atoms with Crippen LogP contribution in [-0.4, -0.2) is 32.3 Å². The first-order valence-electron chi connectivity index (χ1n) is 10.1. The molecule has 31 heavy (non-hydrogen) atoms. The maximum absolute atomic E-state index is 13.1. The molecule has 0 radical (unpaired) electrons. The van der Waals surface area contributed by atoms with Crippen LogP contribution in [0.3, 0.4) is 0 Å². The molecule has 0 spiro atoms. The summed E-state index contributed by atoms with van der Waals surface area (Å²) >= 11 is 1.33. The first kappa shape index (κ1) is 19.5. The zero-order valence-electron chi connectivity index (χ0n) is 16.8. The van der Waals surface area contributed by atoms with E-state index in [1.165, 1.54) is 22.5 Å². The zero-order chi connectivity index (χ0) is 21.0. The molecule has 0 aliphatic carbocycles. The number of aromatic nitrogens is 2. The van der Waals surface area contributed by atoms with E-state index in [0.29, 0.717) is 11.6 Å². The Morgan fingerprint density at radius 2 is 1.65 bits per heavy atom. The summed E-state index contributed by atoms with van der Waals surface area (Å²) in [6, 6.07) is 26.3. The molecule has 1 aliphatic rings. The van der Waals surface area contributed by atoms with Gasteiger partial charge in [0.25, 0.3) is 5.91 Å². The molecule has 1 amide bonds. The van der Waals surface area contributed by atoms with Crippen LogP contribution in [0.5, 0.6) is 0 Å². The Kier molecular flexibility index (Phi) is 5.46. The van der Waals surface area contributed by atoms with E-state index in [0.717, 1.165) is 16.8 Å². The van der Waals surface area contributed by atoms with Crippen molar-refractivity contribution in [2.45, 2.75) is 17.6 Å². The summed E-state index contributed by atoms with van der Waals surface area (Å²) in [5.74, 6) is 0.184. The molecule has 3 aromatic carbocycles. The molecule has 2 heterocycles. The number of rotatable bonds is 5. The molecule has 1 atom stereocenters. The normalized spacial score (nSPS) is 15.8. The average Bonchev–Trinajstić information content (AvgIpc) is 3.29. The van der Waals surface area contributed by atoms with Crippen molar-refractivity contribution in [1.82, 2.24) is 15.0 Å². The van der Waals surface area contributed by atoms with E-state index in [-0.39, 0.29) is 17.7 Å². The number of hydrogen-bond acceptors (Lipinski definition) is 5. The third-order valence-corrected chi connectivity index (χ3v) is 6.16. The lowest BCUT2D eigenvalue weighted by atomic mass is 9.97. The first-order chi connectivity index (χ1) is 15.3. The minimum Gasteiger partial charge on any atom is -0.272 e. The van der Waals surface area contributed by atoms with E-state index < -0.39 is 0 Å². The maximum atomic E-state index is 13.1. The molecule has 0 saturated carbocycles. The number of benzene rings is 3. The van der Waals surface area contributed by atoms with Crippen LogP contribution in [-0.2, 0) is 4.79 Å². The van der Waals surface area contributed by atoms with Crippen molar-refractivity contribution < 1.29 is 4.79 Å². The number of fused-ring (bicyclic) bond motifs is 1. The molecule has 0 N–H and O–H groups in total. The second-order valence-corrected chi connectivity index (χ2v) is 8.24. The maximum Gasteiger partial charge on any atom is 0.253 e. The van der Waals surface area contributed by atoms with Gasteiger partial charge in [-0.2, -0.15) is 5.10 Å². The van der Waals surface area contributed by atoms with Gasteiger partial charge in [0, 0.05) is 18.8 Å². The number of hydrazone groups is 1. The van der Waals surface area contributed by atoms with Crippen LogP contribution in [0.4, 0.5) is 0 Å². The monoisotopic (exact) mass is 424 g/mol. The Bertz CT molecular complexity index is 1240. The lowest BCUT2D eigenvalue weighted by molar-refractivity contribution is -0.130. The second kappa shape index (κ2) is 8.70. The fourth-order valence-electron chi connectivity index (χ4n) is 3.77. The minimum absolute atomic E-state index is 0.0536. The molecule has 152 valence electrons. The predicted octanol–water partition coefficient (Wildman–Crippen LogP) is 5.10. The van der Waals surface area contributed by atoms with Crippen molar-refractivity contribution in [3.05, 3.63) is 102 Å². The Morgan fingerprint density at radius 1 is 0.903 bits per heavy atom. The van der Waals surface area contributed by atoms with Gasteiger partial charge < -0.3 is 0 Å². The van der Waals surface area contributed by atoms with Crippen molar-refractivity contribution in [2.24, 2.45) is 5.10 Å². The van der Waals surface area contributed by atoms with Gasteiger partial charge in [0.15, 0.2) is 5.16 Å². The van der Waals surface area contributed by atoms with Crippen LogP contribution in [0.25, 0.3) is 10.8 Å². The highest BCUT2D eigenvalue weighted by Crippen LogP contribution is 2.34. The molecule has 1 unspecified atom stereocenters. The van der Waals surface area contributed by atoms with Gasteiger partial charge in [-0.3, -0.25) is 4.79 Å². The molecule has 4 aromatic rings. The average molecular weight is 425 g/mol. The Balaban J connectivity index is 1.44. The summed E-state index contributed by atoms with van der Waals surface area (Å²) in [5, 5.41) is 9.36. The first-order valence-corrected chi connectivity index (χ1v) is 11.1. The predicted molar refractivity (Wildman–Crippen MR) is 124 cm³/mol. The van der Waals surface area contributed by atoms with E-state index in [1.54, 1.807) is 23.5 Å². The molecule has 0 saturated heterocycles. The Morgan fingerprint density at radius 3 is 2.45 bits per heavy atom. The van der Waals surface area contributed by atoms with Gasteiger partial charge in [-0.1, -0.05) is 78.5 Å².